The van der Waals surface area contributed by atoms with Gasteiger partial charge in [0.05, 0.1) is 23.0 Å². The van der Waals surface area contributed by atoms with Crippen LogP contribution in [0.4, 0.5) is 5.69 Å². The van der Waals surface area contributed by atoms with Gasteiger partial charge >= 0.3 is 5.97 Å². The first-order valence-corrected chi connectivity index (χ1v) is 11.4. The molecule has 3 aromatic carbocycles. The zero-order valence-electron chi connectivity index (χ0n) is 19.0. The molecule has 4 rings (SSSR count). The molecule has 10 heteroatoms. The number of esters is 1. The van der Waals surface area contributed by atoms with Crippen molar-refractivity contribution < 1.29 is 28.7 Å². The molecule has 1 fully saturated rings. The Labute approximate surface area is 211 Å². The van der Waals surface area contributed by atoms with E-state index in [2.05, 4.69) is 10.7 Å². The summed E-state index contributed by atoms with van der Waals surface area (Å²) in [6, 6.07) is 22.4. The lowest BCUT2D eigenvalue weighted by Crippen LogP contribution is -2.43. The highest BCUT2D eigenvalue weighted by Crippen LogP contribution is 2.23. The van der Waals surface area contributed by atoms with Gasteiger partial charge in [0.15, 0.2) is 6.61 Å². The number of nitrogens with zero attached hydrogens (tertiary/aromatic N) is 1. The van der Waals surface area contributed by atoms with Gasteiger partial charge in [-0.15, -0.1) is 0 Å². The fraction of sp³-hybridized carbons (Fsp3) is 0.154. The fourth-order valence-electron chi connectivity index (χ4n) is 3.48. The van der Waals surface area contributed by atoms with Gasteiger partial charge in [0.2, 0.25) is 5.91 Å². The van der Waals surface area contributed by atoms with Gasteiger partial charge < -0.3 is 14.8 Å². The molecule has 3 amide bonds. The zero-order valence-corrected chi connectivity index (χ0v) is 19.7. The number of halogens is 1. The van der Waals surface area contributed by atoms with Crippen LogP contribution in [0.15, 0.2) is 78.9 Å². The van der Waals surface area contributed by atoms with Crippen molar-refractivity contribution >= 4 is 41.0 Å². The summed E-state index contributed by atoms with van der Waals surface area (Å²) >= 11 is 6.01. The van der Waals surface area contributed by atoms with E-state index in [-0.39, 0.29) is 23.6 Å². The molecule has 1 aliphatic rings. The average molecular weight is 508 g/mol. The third-order valence-corrected chi connectivity index (χ3v) is 5.61. The number of rotatable bonds is 8. The molecule has 0 aromatic heterocycles. The van der Waals surface area contributed by atoms with Gasteiger partial charge in [0.25, 0.3) is 11.8 Å². The Morgan fingerprint density at radius 2 is 1.58 bits per heavy atom. The summed E-state index contributed by atoms with van der Waals surface area (Å²) < 4.78 is 10.8. The number of carbonyl (C=O) groups is 4. The van der Waals surface area contributed by atoms with Crippen LogP contribution in [0.25, 0.3) is 0 Å². The molecule has 1 heterocycles. The molecule has 2 N–H and O–H groups in total. The van der Waals surface area contributed by atoms with E-state index in [1.165, 1.54) is 6.07 Å². The predicted octanol–water partition coefficient (Wildman–Crippen LogP) is 3.81. The van der Waals surface area contributed by atoms with Crippen LogP contribution in [0.3, 0.4) is 0 Å². The van der Waals surface area contributed by atoms with Crippen molar-refractivity contribution in [3.63, 3.8) is 0 Å². The summed E-state index contributed by atoms with van der Waals surface area (Å²) in [5, 5.41) is 3.92. The molecule has 0 aliphatic carbocycles. The van der Waals surface area contributed by atoms with Gasteiger partial charge in [0, 0.05) is 12.1 Å². The number of hydrazine groups is 1. The average Bonchev–Trinajstić information content (AvgIpc) is 3.24. The second kappa shape index (κ2) is 11.4. The van der Waals surface area contributed by atoms with Gasteiger partial charge in [-0.1, -0.05) is 41.9 Å². The van der Waals surface area contributed by atoms with Crippen molar-refractivity contribution in [1.29, 1.82) is 0 Å². The predicted molar refractivity (Wildman–Crippen MR) is 131 cm³/mol. The van der Waals surface area contributed by atoms with Crippen LogP contribution in [0, 0.1) is 5.92 Å². The Balaban J connectivity index is 1.22. The molecule has 3 aromatic rings. The number of carbonyl (C=O) groups excluding carboxylic acids is 4. The van der Waals surface area contributed by atoms with Crippen LogP contribution in [0.5, 0.6) is 11.5 Å². The first-order chi connectivity index (χ1) is 17.4. The maximum atomic E-state index is 12.4. The molecule has 0 unspecified atom stereocenters. The lowest BCUT2D eigenvalue weighted by atomic mass is 10.1. The highest BCUT2D eigenvalue weighted by atomic mass is 35.5. The van der Waals surface area contributed by atoms with Gasteiger partial charge in [0.1, 0.15) is 11.5 Å². The van der Waals surface area contributed by atoms with Crippen molar-refractivity contribution in [3.8, 4) is 11.5 Å². The molecule has 1 saturated heterocycles. The normalized spacial score (nSPS) is 14.8. The third-order valence-electron chi connectivity index (χ3n) is 5.28. The van der Waals surface area contributed by atoms with Crippen LogP contribution < -0.4 is 15.5 Å². The van der Waals surface area contributed by atoms with E-state index in [9.17, 15) is 19.2 Å². The van der Waals surface area contributed by atoms with Crippen LogP contribution in [-0.4, -0.2) is 41.9 Å². The molecule has 1 atom stereocenters. The number of nitrogens with one attached hydrogen (secondary N) is 2. The number of anilines is 1. The van der Waals surface area contributed by atoms with Crippen molar-refractivity contribution in [2.75, 3.05) is 18.5 Å². The van der Waals surface area contributed by atoms with Gasteiger partial charge in [-0.3, -0.25) is 29.6 Å². The van der Waals surface area contributed by atoms with Crippen molar-refractivity contribution in [2.24, 2.45) is 5.92 Å². The minimum Gasteiger partial charge on any atom is -0.457 e. The van der Waals surface area contributed by atoms with E-state index in [1.54, 1.807) is 42.5 Å². The summed E-state index contributed by atoms with van der Waals surface area (Å²) in [6.45, 7) is -0.587. The Morgan fingerprint density at radius 1 is 0.917 bits per heavy atom. The Morgan fingerprint density at radius 3 is 2.31 bits per heavy atom. The fourth-order valence-corrected chi connectivity index (χ4v) is 3.71. The maximum Gasteiger partial charge on any atom is 0.311 e. The molecule has 36 heavy (non-hydrogen) atoms. The topological polar surface area (TPSA) is 114 Å². The Hall–Kier alpha value is -4.37. The van der Waals surface area contributed by atoms with E-state index in [4.69, 9.17) is 21.1 Å². The van der Waals surface area contributed by atoms with Crippen molar-refractivity contribution in [2.45, 2.75) is 6.42 Å². The zero-order chi connectivity index (χ0) is 25.5. The number of benzene rings is 3. The molecular weight excluding hydrogens is 486 g/mol. The van der Waals surface area contributed by atoms with Crippen molar-refractivity contribution in [3.05, 3.63) is 89.4 Å². The number of hydrogen-bond donors (Lipinski definition) is 2. The first-order valence-electron chi connectivity index (χ1n) is 11.0. The number of hydrogen-bond acceptors (Lipinski definition) is 6. The molecule has 0 spiro atoms. The largest absolute Gasteiger partial charge is 0.457 e. The molecule has 9 nitrogen and oxygen atoms in total. The van der Waals surface area contributed by atoms with E-state index in [0.29, 0.717) is 17.2 Å². The molecular formula is C26H22ClN3O6. The SMILES string of the molecule is O=C(COC(=O)[C@@H]1CC(=O)N(NC(=O)c2ccccc2Cl)C1)Nc1ccc(Oc2ccccc2)cc1. The highest BCUT2D eigenvalue weighted by Gasteiger charge is 2.37. The second-order valence-corrected chi connectivity index (χ2v) is 8.33. The summed E-state index contributed by atoms with van der Waals surface area (Å²) in [4.78, 5) is 49.2. The molecule has 1 aliphatic heterocycles. The van der Waals surface area contributed by atoms with Gasteiger partial charge in [-0.05, 0) is 48.5 Å². The van der Waals surface area contributed by atoms with Crippen LogP contribution >= 0.6 is 11.6 Å². The molecule has 0 saturated carbocycles. The standard InChI is InChI=1S/C26H22ClN3O6/c27-22-9-5-4-8-21(22)25(33)29-30-15-17(14-24(30)32)26(34)35-16-23(31)28-18-10-12-20(13-11-18)36-19-6-2-1-3-7-19/h1-13,17H,14-16H2,(H,28,31)(H,29,33)/t17-/m1/s1. The lowest BCUT2D eigenvalue weighted by molar-refractivity contribution is -0.151. The molecule has 0 bridgehead atoms. The van der Waals surface area contributed by atoms with Crippen molar-refractivity contribution in [1.82, 2.24) is 10.4 Å². The monoisotopic (exact) mass is 507 g/mol. The maximum absolute atomic E-state index is 12.4. The number of ether oxygens (including phenoxy) is 2. The van der Waals surface area contributed by atoms with Crippen LogP contribution in [-0.2, 0) is 19.1 Å². The molecule has 0 radical (unpaired) electrons. The summed E-state index contributed by atoms with van der Waals surface area (Å²) in [7, 11) is 0. The van der Waals surface area contributed by atoms with E-state index < -0.39 is 36.2 Å². The minimum atomic E-state index is -0.814. The summed E-state index contributed by atoms with van der Waals surface area (Å²) in [5.41, 5.74) is 3.15. The van der Waals surface area contributed by atoms with E-state index in [1.807, 2.05) is 30.3 Å². The third kappa shape index (κ3) is 6.39. The Kier molecular flexibility index (Phi) is 7.82. The van der Waals surface area contributed by atoms with Gasteiger partial charge in [-0.2, -0.15) is 0 Å². The highest BCUT2D eigenvalue weighted by molar-refractivity contribution is 6.33. The molecule has 184 valence electrons. The van der Waals surface area contributed by atoms with Crippen LogP contribution in [0.2, 0.25) is 5.02 Å². The summed E-state index contributed by atoms with van der Waals surface area (Å²) in [6.07, 6.45) is -0.147. The van der Waals surface area contributed by atoms with Crippen LogP contribution in [0.1, 0.15) is 16.8 Å². The van der Waals surface area contributed by atoms with Gasteiger partial charge in [-0.25, -0.2) is 0 Å². The number of para-hydroxylation sites is 1. The lowest BCUT2D eigenvalue weighted by Gasteiger charge is -2.18. The Bertz CT molecular complexity index is 1270. The number of amides is 3. The van der Waals surface area contributed by atoms with E-state index >= 15 is 0 Å². The second-order valence-electron chi connectivity index (χ2n) is 7.92. The van der Waals surface area contributed by atoms with E-state index in [0.717, 1.165) is 5.01 Å². The first kappa shape index (κ1) is 24.7. The quantitative estimate of drug-likeness (QED) is 0.448. The minimum absolute atomic E-state index is 0.0711. The smallest absolute Gasteiger partial charge is 0.311 e. The summed E-state index contributed by atoms with van der Waals surface area (Å²) in [5.74, 6) is -1.78.